The molecule has 118 valence electrons. The number of hydrogen-bond donors (Lipinski definition) is 0. The van der Waals surface area contributed by atoms with Crippen LogP contribution in [0.3, 0.4) is 0 Å². The van der Waals surface area contributed by atoms with Gasteiger partial charge in [-0.3, -0.25) is 0 Å². The molecule has 0 nitrogen and oxygen atoms in total. The van der Waals surface area contributed by atoms with Crippen LogP contribution in [0.5, 0.6) is 0 Å². The van der Waals surface area contributed by atoms with E-state index < -0.39 is 0 Å². The van der Waals surface area contributed by atoms with Gasteiger partial charge in [-0.2, -0.15) is 0 Å². The van der Waals surface area contributed by atoms with Crippen molar-refractivity contribution >= 4 is 11.6 Å². The third kappa shape index (κ3) is 3.59. The van der Waals surface area contributed by atoms with E-state index in [2.05, 4.69) is 0 Å². The van der Waals surface area contributed by atoms with Gasteiger partial charge in [0.2, 0.25) is 0 Å². The van der Waals surface area contributed by atoms with Crippen molar-refractivity contribution in [2.24, 2.45) is 0 Å². The molecule has 0 saturated heterocycles. The molecular weight excluding hydrogens is 314 g/mol. The van der Waals surface area contributed by atoms with E-state index in [0.29, 0.717) is 21.7 Å². The largest absolute Gasteiger partial charge is 0.206 e. The summed E-state index contributed by atoms with van der Waals surface area (Å²) in [6, 6.07) is 16.6. The van der Waals surface area contributed by atoms with E-state index in [1.165, 1.54) is 12.1 Å². The second-order valence-electron chi connectivity index (χ2n) is 5.18. The Hall–Kier alpha value is -2.19. The van der Waals surface area contributed by atoms with E-state index in [-0.39, 0.29) is 19.1 Å². The molecule has 0 amide bonds. The first-order chi connectivity index (χ1) is 10.5. The monoisotopic (exact) mass is 330 g/mol. The van der Waals surface area contributed by atoms with Crippen molar-refractivity contribution in [3.63, 3.8) is 0 Å². The molecule has 0 unspecified atom stereocenters. The molecule has 23 heavy (non-hydrogen) atoms. The SMILES string of the molecule is C.Cc1ccc(-c2ccc(-c3ccc(Cl)cc3)c(F)c2)c(F)c1. The highest BCUT2D eigenvalue weighted by Crippen LogP contribution is 2.30. The lowest BCUT2D eigenvalue weighted by Crippen LogP contribution is -1.89. The smallest absolute Gasteiger partial charge is 0.131 e. The van der Waals surface area contributed by atoms with Gasteiger partial charge in [0.05, 0.1) is 0 Å². The van der Waals surface area contributed by atoms with Crippen molar-refractivity contribution in [1.82, 2.24) is 0 Å². The van der Waals surface area contributed by atoms with Gasteiger partial charge in [-0.15, -0.1) is 0 Å². The molecular formula is C20H17ClF2. The molecule has 0 radical (unpaired) electrons. The van der Waals surface area contributed by atoms with E-state index in [1.807, 2.05) is 13.0 Å². The summed E-state index contributed by atoms with van der Waals surface area (Å²) in [5, 5.41) is 0.600. The van der Waals surface area contributed by atoms with Crippen molar-refractivity contribution < 1.29 is 8.78 Å². The lowest BCUT2D eigenvalue weighted by Gasteiger charge is -2.08. The third-order valence-electron chi connectivity index (χ3n) is 3.56. The summed E-state index contributed by atoms with van der Waals surface area (Å²) in [5.41, 5.74) is 2.95. The number of halogens is 3. The highest BCUT2D eigenvalue weighted by Gasteiger charge is 2.10. The van der Waals surface area contributed by atoms with Crippen molar-refractivity contribution in [2.45, 2.75) is 14.4 Å². The van der Waals surface area contributed by atoms with E-state index in [4.69, 9.17) is 11.6 Å². The maximum atomic E-state index is 14.4. The Balaban J connectivity index is 0.00000192. The average molecular weight is 331 g/mol. The predicted molar refractivity (Wildman–Crippen MR) is 93.7 cm³/mol. The summed E-state index contributed by atoms with van der Waals surface area (Å²) in [4.78, 5) is 0. The molecule has 3 rings (SSSR count). The molecule has 3 heteroatoms. The summed E-state index contributed by atoms with van der Waals surface area (Å²) in [5.74, 6) is -0.738. The third-order valence-corrected chi connectivity index (χ3v) is 3.81. The summed E-state index contributed by atoms with van der Waals surface area (Å²) in [6.07, 6.45) is 0. The normalized spacial score (nSPS) is 10.3. The van der Waals surface area contributed by atoms with Crippen LogP contribution in [0.4, 0.5) is 8.78 Å². The fourth-order valence-electron chi connectivity index (χ4n) is 2.40. The number of hydrogen-bond acceptors (Lipinski definition) is 0. The molecule has 0 atom stereocenters. The lowest BCUT2D eigenvalue weighted by molar-refractivity contribution is 0.626. The summed E-state index contributed by atoms with van der Waals surface area (Å²) in [7, 11) is 0. The maximum absolute atomic E-state index is 14.4. The first-order valence-electron chi connectivity index (χ1n) is 6.86. The second-order valence-corrected chi connectivity index (χ2v) is 5.62. The van der Waals surface area contributed by atoms with Crippen LogP contribution >= 0.6 is 11.6 Å². The summed E-state index contributed by atoms with van der Waals surface area (Å²) >= 11 is 5.84. The highest BCUT2D eigenvalue weighted by atomic mass is 35.5. The van der Waals surface area contributed by atoms with E-state index in [1.54, 1.807) is 42.5 Å². The van der Waals surface area contributed by atoms with Crippen molar-refractivity contribution in [2.75, 3.05) is 0 Å². The van der Waals surface area contributed by atoms with Gasteiger partial charge in [0.25, 0.3) is 0 Å². The Bertz CT molecular complexity index is 824. The van der Waals surface area contributed by atoms with Gasteiger partial charge < -0.3 is 0 Å². The average Bonchev–Trinajstić information content (AvgIpc) is 2.48. The molecule has 0 saturated carbocycles. The zero-order valence-electron chi connectivity index (χ0n) is 11.9. The number of aryl methyl sites for hydroxylation is 1. The standard InChI is InChI=1S/C19H13ClF2.CH4/c1-12-2-8-17(18(21)10-12)14-5-9-16(19(22)11-14)13-3-6-15(20)7-4-13;/h2-11H,1H3;1H4. The minimum atomic E-state index is -0.389. The van der Waals surface area contributed by atoms with Crippen molar-refractivity contribution in [1.29, 1.82) is 0 Å². The molecule has 0 aromatic heterocycles. The highest BCUT2D eigenvalue weighted by molar-refractivity contribution is 6.30. The minimum absolute atomic E-state index is 0. The molecule has 0 spiro atoms. The number of benzene rings is 3. The first kappa shape index (κ1) is 17.2. The number of rotatable bonds is 2. The molecule has 0 N–H and O–H groups in total. The van der Waals surface area contributed by atoms with Gasteiger partial charge >= 0.3 is 0 Å². The van der Waals surface area contributed by atoms with Gasteiger partial charge in [-0.1, -0.05) is 55.4 Å². The van der Waals surface area contributed by atoms with Crippen LogP contribution in [0.25, 0.3) is 22.3 Å². The zero-order chi connectivity index (χ0) is 15.7. The summed E-state index contributed by atoms with van der Waals surface area (Å²) < 4.78 is 28.4. The molecule has 0 fully saturated rings. The van der Waals surface area contributed by atoms with Gasteiger partial charge in [0.1, 0.15) is 11.6 Å². The topological polar surface area (TPSA) is 0 Å². The fourth-order valence-corrected chi connectivity index (χ4v) is 2.53. The van der Waals surface area contributed by atoms with Crippen LogP contribution in [0.1, 0.15) is 13.0 Å². The Labute approximate surface area is 140 Å². The lowest BCUT2D eigenvalue weighted by atomic mass is 9.99. The van der Waals surface area contributed by atoms with Crippen molar-refractivity contribution in [3.8, 4) is 22.3 Å². The van der Waals surface area contributed by atoms with Gasteiger partial charge in [-0.05, 0) is 47.9 Å². The Morgan fingerprint density at radius 2 is 1.22 bits per heavy atom. The van der Waals surface area contributed by atoms with Crippen LogP contribution in [-0.2, 0) is 0 Å². The molecule has 0 aliphatic carbocycles. The maximum Gasteiger partial charge on any atom is 0.131 e. The molecule has 3 aromatic rings. The van der Waals surface area contributed by atoms with Crippen LogP contribution in [0.2, 0.25) is 5.02 Å². The Morgan fingerprint density at radius 1 is 0.696 bits per heavy atom. The van der Waals surface area contributed by atoms with Crippen LogP contribution in [-0.4, -0.2) is 0 Å². The van der Waals surface area contributed by atoms with Gasteiger partial charge in [-0.25, -0.2) is 8.78 Å². The Kier molecular flexibility index (Phi) is 5.17. The van der Waals surface area contributed by atoms with Crippen LogP contribution in [0, 0.1) is 18.6 Å². The molecule has 3 aromatic carbocycles. The van der Waals surface area contributed by atoms with Crippen molar-refractivity contribution in [3.05, 3.63) is 82.9 Å². The zero-order valence-corrected chi connectivity index (χ0v) is 12.7. The molecule has 0 aliphatic heterocycles. The predicted octanol–water partition coefficient (Wildman–Crippen LogP) is 6.90. The van der Waals surface area contributed by atoms with Gasteiger partial charge in [0.15, 0.2) is 0 Å². The molecule has 0 aliphatic rings. The van der Waals surface area contributed by atoms with Crippen LogP contribution in [0.15, 0.2) is 60.7 Å². The quantitative estimate of drug-likeness (QED) is 0.479. The fraction of sp³-hybridized carbons (Fsp3) is 0.100. The van der Waals surface area contributed by atoms with Crippen LogP contribution < -0.4 is 0 Å². The molecule has 0 heterocycles. The second kappa shape index (κ2) is 6.93. The minimum Gasteiger partial charge on any atom is -0.206 e. The van der Waals surface area contributed by atoms with E-state index >= 15 is 0 Å². The molecule has 0 bridgehead atoms. The van der Waals surface area contributed by atoms with E-state index in [0.717, 1.165) is 11.1 Å². The van der Waals surface area contributed by atoms with Gasteiger partial charge in [0, 0.05) is 16.1 Å². The van der Waals surface area contributed by atoms with E-state index in [9.17, 15) is 8.78 Å². The Morgan fingerprint density at radius 3 is 1.83 bits per heavy atom. The first-order valence-corrected chi connectivity index (χ1v) is 7.24. The summed E-state index contributed by atoms with van der Waals surface area (Å²) in [6.45, 7) is 1.82.